The zero-order valence-electron chi connectivity index (χ0n) is 6.96. The number of halogens is 1. The molecule has 0 N–H and O–H groups in total. The number of rotatable bonds is 2. The molecule has 2 unspecified atom stereocenters. The highest BCUT2D eigenvalue weighted by atomic mass is 127. The first-order chi connectivity index (χ1) is 5.33. The van der Waals surface area contributed by atoms with Gasteiger partial charge in [-0.1, -0.05) is 53.8 Å². The van der Waals surface area contributed by atoms with Crippen molar-refractivity contribution in [2.24, 2.45) is 5.92 Å². The fourth-order valence-electron chi connectivity index (χ4n) is 1.35. The average molecular weight is 262 g/mol. The Hall–Kier alpha value is 0.210. The van der Waals surface area contributed by atoms with Gasteiger partial charge in [0.25, 0.3) is 0 Å². The molecular formula is C10H15I. The van der Waals surface area contributed by atoms with Gasteiger partial charge in [-0.05, 0) is 25.2 Å². The van der Waals surface area contributed by atoms with Gasteiger partial charge in [0.05, 0.1) is 0 Å². The third-order valence-corrected chi connectivity index (χ3v) is 2.88. The zero-order valence-corrected chi connectivity index (χ0v) is 9.12. The number of hydrogen-bond donors (Lipinski definition) is 0. The summed E-state index contributed by atoms with van der Waals surface area (Å²) < 4.78 is 0.757. The molecule has 0 nitrogen and oxygen atoms in total. The minimum Gasteiger partial charge on any atom is -0.0885 e. The largest absolute Gasteiger partial charge is 0.0885 e. The first-order valence-electron chi connectivity index (χ1n) is 4.30. The molecule has 0 aromatic rings. The predicted molar refractivity (Wildman–Crippen MR) is 59.1 cm³/mol. The van der Waals surface area contributed by atoms with Gasteiger partial charge < -0.3 is 0 Å². The molecule has 62 valence electrons. The van der Waals surface area contributed by atoms with Crippen LogP contribution in [0.4, 0.5) is 0 Å². The van der Waals surface area contributed by atoms with Crippen LogP contribution in [0.2, 0.25) is 0 Å². The van der Waals surface area contributed by atoms with Crippen LogP contribution in [-0.2, 0) is 0 Å². The molecule has 0 amide bonds. The molecule has 2 atom stereocenters. The average Bonchev–Trinajstić information content (AvgIpc) is 2.01. The van der Waals surface area contributed by atoms with Gasteiger partial charge in [0.1, 0.15) is 0 Å². The van der Waals surface area contributed by atoms with Crippen LogP contribution in [0.15, 0.2) is 24.3 Å². The molecule has 0 aromatic heterocycles. The molecule has 0 saturated carbocycles. The Balaban J connectivity index is 2.37. The van der Waals surface area contributed by atoms with Gasteiger partial charge in [0.2, 0.25) is 0 Å². The van der Waals surface area contributed by atoms with E-state index < -0.39 is 0 Å². The molecule has 1 aliphatic rings. The topological polar surface area (TPSA) is 0 Å². The highest BCUT2D eigenvalue weighted by Gasteiger charge is 2.11. The first kappa shape index (κ1) is 9.30. The van der Waals surface area contributed by atoms with Crippen LogP contribution in [0, 0.1) is 5.92 Å². The minimum absolute atomic E-state index is 0.757. The van der Waals surface area contributed by atoms with Crippen LogP contribution in [-0.4, -0.2) is 3.92 Å². The Morgan fingerprint density at radius 1 is 1.64 bits per heavy atom. The number of allylic oxidation sites excluding steroid dienone is 4. The van der Waals surface area contributed by atoms with Gasteiger partial charge in [-0.15, -0.1) is 0 Å². The second-order valence-corrected chi connectivity index (χ2v) is 4.61. The van der Waals surface area contributed by atoms with Crippen molar-refractivity contribution in [3.63, 3.8) is 0 Å². The normalized spacial score (nSPS) is 31.5. The van der Waals surface area contributed by atoms with E-state index in [1.807, 2.05) is 0 Å². The van der Waals surface area contributed by atoms with E-state index in [9.17, 15) is 0 Å². The van der Waals surface area contributed by atoms with Gasteiger partial charge in [-0.2, -0.15) is 0 Å². The fraction of sp³-hybridized carbons (Fsp3) is 0.600. The summed E-state index contributed by atoms with van der Waals surface area (Å²) in [6, 6.07) is 0. The van der Waals surface area contributed by atoms with Crippen LogP contribution >= 0.6 is 22.6 Å². The Kier molecular flexibility index (Phi) is 4.20. The van der Waals surface area contributed by atoms with Crippen LogP contribution in [0.1, 0.15) is 26.2 Å². The summed E-state index contributed by atoms with van der Waals surface area (Å²) in [5.41, 5.74) is 0. The van der Waals surface area contributed by atoms with E-state index in [2.05, 4.69) is 53.8 Å². The van der Waals surface area contributed by atoms with Crippen molar-refractivity contribution >= 4 is 22.6 Å². The summed E-state index contributed by atoms with van der Waals surface area (Å²) in [4.78, 5) is 0. The molecule has 0 radical (unpaired) electrons. The molecule has 0 aromatic carbocycles. The van der Waals surface area contributed by atoms with Gasteiger partial charge in [0, 0.05) is 3.92 Å². The summed E-state index contributed by atoms with van der Waals surface area (Å²) in [6.45, 7) is 2.19. The summed E-state index contributed by atoms with van der Waals surface area (Å²) in [6.07, 6.45) is 13.0. The Labute approximate surface area is 82.9 Å². The highest BCUT2D eigenvalue weighted by molar-refractivity contribution is 14.1. The van der Waals surface area contributed by atoms with Crippen LogP contribution < -0.4 is 0 Å². The standard InChI is InChI=1S/C10H15I/c1-2-3-5-9-6-4-7-10(11)8-9/h3-5,7,9-10H,2,6,8H2,1H3/b5-3-. The van der Waals surface area contributed by atoms with Crippen molar-refractivity contribution in [2.45, 2.75) is 30.1 Å². The molecule has 0 fully saturated rings. The summed E-state index contributed by atoms with van der Waals surface area (Å²) in [7, 11) is 0. The second-order valence-electron chi connectivity index (χ2n) is 3.01. The lowest BCUT2D eigenvalue weighted by molar-refractivity contribution is 0.598. The molecule has 0 heterocycles. The minimum atomic E-state index is 0.757. The van der Waals surface area contributed by atoms with E-state index in [1.165, 1.54) is 19.3 Å². The van der Waals surface area contributed by atoms with Gasteiger partial charge in [-0.25, -0.2) is 0 Å². The maximum Gasteiger partial charge on any atom is 0.0295 e. The molecule has 0 aliphatic heterocycles. The van der Waals surface area contributed by atoms with Crippen LogP contribution in [0.25, 0.3) is 0 Å². The third kappa shape index (κ3) is 3.41. The first-order valence-corrected chi connectivity index (χ1v) is 5.55. The molecule has 0 spiro atoms. The van der Waals surface area contributed by atoms with Crippen LogP contribution in [0.3, 0.4) is 0 Å². The van der Waals surface area contributed by atoms with Gasteiger partial charge in [-0.3, -0.25) is 0 Å². The summed E-state index contributed by atoms with van der Waals surface area (Å²) >= 11 is 2.50. The lowest BCUT2D eigenvalue weighted by Gasteiger charge is -2.17. The second kappa shape index (κ2) is 4.96. The van der Waals surface area contributed by atoms with E-state index in [-0.39, 0.29) is 0 Å². The summed E-state index contributed by atoms with van der Waals surface area (Å²) in [5.74, 6) is 0.807. The highest BCUT2D eigenvalue weighted by Crippen LogP contribution is 2.24. The lowest BCUT2D eigenvalue weighted by Crippen LogP contribution is -2.07. The Morgan fingerprint density at radius 2 is 2.45 bits per heavy atom. The molecule has 1 heteroatoms. The quantitative estimate of drug-likeness (QED) is 0.404. The van der Waals surface area contributed by atoms with Gasteiger partial charge >= 0.3 is 0 Å². The molecule has 1 aliphatic carbocycles. The van der Waals surface area contributed by atoms with Crippen molar-refractivity contribution in [1.82, 2.24) is 0 Å². The van der Waals surface area contributed by atoms with E-state index >= 15 is 0 Å². The SMILES string of the molecule is CC/C=C\C1CC=CC(I)C1. The molecule has 0 saturated heterocycles. The molecular weight excluding hydrogens is 247 g/mol. The smallest absolute Gasteiger partial charge is 0.0295 e. The zero-order chi connectivity index (χ0) is 8.10. The fourth-order valence-corrected chi connectivity index (χ4v) is 2.30. The number of alkyl halides is 1. The molecule has 11 heavy (non-hydrogen) atoms. The maximum absolute atomic E-state index is 2.50. The van der Waals surface area contributed by atoms with Crippen molar-refractivity contribution in [1.29, 1.82) is 0 Å². The molecule has 1 rings (SSSR count). The van der Waals surface area contributed by atoms with Crippen LogP contribution in [0.5, 0.6) is 0 Å². The third-order valence-electron chi connectivity index (χ3n) is 1.96. The maximum atomic E-state index is 2.50. The van der Waals surface area contributed by atoms with E-state index in [0.29, 0.717) is 0 Å². The van der Waals surface area contributed by atoms with Crippen molar-refractivity contribution < 1.29 is 0 Å². The summed E-state index contributed by atoms with van der Waals surface area (Å²) in [5, 5.41) is 0. The van der Waals surface area contributed by atoms with Crippen molar-refractivity contribution in [2.75, 3.05) is 0 Å². The Morgan fingerprint density at radius 3 is 3.09 bits per heavy atom. The molecule has 0 bridgehead atoms. The van der Waals surface area contributed by atoms with Gasteiger partial charge in [0.15, 0.2) is 0 Å². The lowest BCUT2D eigenvalue weighted by atomic mass is 9.94. The predicted octanol–water partition coefficient (Wildman–Crippen LogP) is 3.72. The number of hydrogen-bond acceptors (Lipinski definition) is 0. The monoisotopic (exact) mass is 262 g/mol. The van der Waals surface area contributed by atoms with E-state index in [0.717, 1.165) is 9.84 Å². The van der Waals surface area contributed by atoms with E-state index in [4.69, 9.17) is 0 Å². The van der Waals surface area contributed by atoms with Crippen molar-refractivity contribution in [3.05, 3.63) is 24.3 Å². The Bertz CT molecular complexity index is 158. The van der Waals surface area contributed by atoms with Crippen molar-refractivity contribution in [3.8, 4) is 0 Å². The van der Waals surface area contributed by atoms with E-state index in [1.54, 1.807) is 0 Å².